The Labute approximate surface area is 164 Å². The summed E-state index contributed by atoms with van der Waals surface area (Å²) in [5.74, 6) is -0.0540. The number of carbonyl (C=O) groups is 2. The lowest BCUT2D eigenvalue weighted by molar-refractivity contribution is -0.122. The molecule has 1 heterocycles. The molecule has 5 nitrogen and oxygen atoms in total. The summed E-state index contributed by atoms with van der Waals surface area (Å²) < 4.78 is 13.1. The Morgan fingerprint density at radius 3 is 2.36 bits per heavy atom. The van der Waals surface area contributed by atoms with Gasteiger partial charge >= 0.3 is 6.03 Å². The molecule has 4 rings (SSSR count). The Bertz CT molecular complexity index is 847. The molecular formula is C22H24FN3O2. The maximum Gasteiger partial charge on any atom is 0.324 e. The third kappa shape index (κ3) is 4.01. The maximum atomic E-state index is 13.1. The van der Waals surface area contributed by atoms with E-state index in [1.807, 2.05) is 24.3 Å². The van der Waals surface area contributed by atoms with E-state index in [2.05, 4.69) is 5.32 Å². The fourth-order valence-corrected chi connectivity index (χ4v) is 3.62. The van der Waals surface area contributed by atoms with Crippen molar-refractivity contribution in [1.29, 1.82) is 0 Å². The number of anilines is 2. The highest BCUT2D eigenvalue weighted by molar-refractivity contribution is 5.95. The van der Waals surface area contributed by atoms with Gasteiger partial charge in [-0.25, -0.2) is 9.18 Å². The summed E-state index contributed by atoms with van der Waals surface area (Å²) in [6.07, 6.45) is 3.93. The van der Waals surface area contributed by atoms with E-state index < -0.39 is 0 Å². The first-order valence-corrected chi connectivity index (χ1v) is 9.82. The van der Waals surface area contributed by atoms with Crippen molar-refractivity contribution in [3.8, 4) is 0 Å². The Balaban J connectivity index is 1.40. The van der Waals surface area contributed by atoms with E-state index in [4.69, 9.17) is 0 Å². The van der Waals surface area contributed by atoms with Gasteiger partial charge in [0.1, 0.15) is 5.82 Å². The van der Waals surface area contributed by atoms with Crippen LogP contribution in [-0.2, 0) is 11.3 Å². The minimum atomic E-state index is -0.278. The second kappa shape index (κ2) is 8.00. The maximum absolute atomic E-state index is 13.1. The molecule has 0 bridgehead atoms. The van der Waals surface area contributed by atoms with Crippen molar-refractivity contribution < 1.29 is 14.0 Å². The minimum Gasteiger partial charge on any atom is -0.326 e. The smallest absolute Gasteiger partial charge is 0.324 e. The number of halogens is 1. The first kappa shape index (κ1) is 18.5. The average molecular weight is 381 g/mol. The van der Waals surface area contributed by atoms with Gasteiger partial charge in [-0.05, 0) is 61.2 Å². The quantitative estimate of drug-likeness (QED) is 0.835. The summed E-state index contributed by atoms with van der Waals surface area (Å²) in [6, 6.07) is 13.6. The van der Waals surface area contributed by atoms with E-state index in [9.17, 15) is 14.0 Å². The summed E-state index contributed by atoms with van der Waals surface area (Å²) >= 11 is 0. The molecule has 2 aliphatic rings. The largest absolute Gasteiger partial charge is 0.326 e. The number of hydrogen-bond acceptors (Lipinski definition) is 2. The summed E-state index contributed by atoms with van der Waals surface area (Å²) in [6.45, 7) is 1.81. The number of nitrogens with zero attached hydrogens (tertiary/aromatic N) is 2. The molecule has 28 heavy (non-hydrogen) atoms. The summed E-state index contributed by atoms with van der Waals surface area (Å²) in [7, 11) is 0. The van der Waals surface area contributed by atoms with Gasteiger partial charge in [0.25, 0.3) is 0 Å². The lowest BCUT2D eigenvalue weighted by atomic mass is 9.85. The highest BCUT2D eigenvalue weighted by Gasteiger charge is 2.27. The average Bonchev–Trinajstić information content (AvgIpc) is 2.64. The van der Waals surface area contributed by atoms with E-state index in [1.54, 1.807) is 21.9 Å². The molecule has 0 spiro atoms. The Morgan fingerprint density at radius 1 is 1.00 bits per heavy atom. The van der Waals surface area contributed by atoms with Crippen molar-refractivity contribution in [3.63, 3.8) is 0 Å². The van der Waals surface area contributed by atoms with Crippen LogP contribution in [-0.4, -0.2) is 29.9 Å². The highest BCUT2D eigenvalue weighted by atomic mass is 19.1. The van der Waals surface area contributed by atoms with Crippen molar-refractivity contribution in [1.82, 2.24) is 4.90 Å². The molecule has 2 aromatic carbocycles. The zero-order chi connectivity index (χ0) is 19.5. The normalized spacial score (nSPS) is 17.4. The lowest BCUT2D eigenvalue weighted by Gasteiger charge is -2.35. The van der Waals surface area contributed by atoms with Crippen molar-refractivity contribution in [2.75, 3.05) is 23.3 Å². The molecule has 1 saturated heterocycles. The first-order valence-electron chi connectivity index (χ1n) is 9.82. The monoisotopic (exact) mass is 381 g/mol. The fourth-order valence-electron chi connectivity index (χ4n) is 3.62. The molecule has 6 heteroatoms. The fraction of sp³-hybridized carbons (Fsp3) is 0.364. The van der Waals surface area contributed by atoms with Crippen LogP contribution in [0.5, 0.6) is 0 Å². The molecule has 1 aliphatic carbocycles. The van der Waals surface area contributed by atoms with Gasteiger partial charge in [-0.15, -0.1) is 0 Å². The van der Waals surface area contributed by atoms with Crippen LogP contribution >= 0.6 is 0 Å². The summed E-state index contributed by atoms with van der Waals surface area (Å²) in [4.78, 5) is 28.5. The molecule has 2 aromatic rings. The Morgan fingerprint density at radius 2 is 1.71 bits per heavy atom. The number of hydrogen-bond donors (Lipinski definition) is 1. The minimum absolute atomic E-state index is 0.0539. The predicted molar refractivity (Wildman–Crippen MR) is 107 cm³/mol. The van der Waals surface area contributed by atoms with Gasteiger partial charge in [-0.3, -0.25) is 9.69 Å². The van der Waals surface area contributed by atoms with Crippen LogP contribution < -0.4 is 10.2 Å². The van der Waals surface area contributed by atoms with Crippen LogP contribution in [0.2, 0.25) is 0 Å². The second-order valence-corrected chi connectivity index (χ2v) is 7.50. The molecule has 0 unspecified atom stereocenters. The van der Waals surface area contributed by atoms with Crippen LogP contribution in [0.15, 0.2) is 48.5 Å². The van der Waals surface area contributed by atoms with Crippen molar-refractivity contribution in [2.45, 2.75) is 32.2 Å². The number of amides is 3. The molecule has 1 saturated carbocycles. The number of nitrogens with one attached hydrogen (secondary N) is 1. The van der Waals surface area contributed by atoms with Gasteiger partial charge in [0, 0.05) is 36.9 Å². The van der Waals surface area contributed by atoms with Crippen molar-refractivity contribution in [3.05, 3.63) is 59.9 Å². The van der Waals surface area contributed by atoms with E-state index in [1.165, 1.54) is 12.1 Å². The second-order valence-electron chi connectivity index (χ2n) is 7.50. The number of rotatable bonds is 5. The topological polar surface area (TPSA) is 52.7 Å². The van der Waals surface area contributed by atoms with E-state index in [0.29, 0.717) is 19.6 Å². The molecule has 1 N–H and O–H groups in total. The standard InChI is InChI=1S/C22H24FN3O2/c23-18-7-5-16(6-8-18)15-25-13-2-14-26(22(25)28)20-11-9-19(10-12-20)24-21(27)17-3-1-4-17/h5-12,17H,1-4,13-15H2,(H,24,27). The van der Waals surface area contributed by atoms with Gasteiger partial charge < -0.3 is 10.2 Å². The van der Waals surface area contributed by atoms with E-state index in [0.717, 1.165) is 42.6 Å². The van der Waals surface area contributed by atoms with Gasteiger partial charge in [-0.2, -0.15) is 0 Å². The summed E-state index contributed by atoms with van der Waals surface area (Å²) in [5, 5.41) is 2.95. The van der Waals surface area contributed by atoms with Gasteiger partial charge in [0.2, 0.25) is 5.91 Å². The van der Waals surface area contributed by atoms with Crippen LogP contribution in [0.4, 0.5) is 20.6 Å². The molecular weight excluding hydrogens is 357 g/mol. The number of benzene rings is 2. The Kier molecular flexibility index (Phi) is 5.28. The van der Waals surface area contributed by atoms with Crippen LogP contribution in [0.3, 0.4) is 0 Å². The third-order valence-electron chi connectivity index (χ3n) is 5.52. The number of urea groups is 1. The van der Waals surface area contributed by atoms with Gasteiger partial charge in [-0.1, -0.05) is 18.6 Å². The molecule has 0 radical (unpaired) electrons. The van der Waals surface area contributed by atoms with Gasteiger partial charge in [0.05, 0.1) is 0 Å². The summed E-state index contributed by atoms with van der Waals surface area (Å²) in [5.41, 5.74) is 2.48. The van der Waals surface area contributed by atoms with Crippen LogP contribution in [0, 0.1) is 11.7 Å². The zero-order valence-electron chi connectivity index (χ0n) is 15.7. The third-order valence-corrected chi connectivity index (χ3v) is 5.52. The predicted octanol–water partition coefficient (Wildman–Crippen LogP) is 4.40. The zero-order valence-corrected chi connectivity index (χ0v) is 15.7. The lowest BCUT2D eigenvalue weighted by Crippen LogP contribution is -2.49. The van der Waals surface area contributed by atoms with Crippen molar-refractivity contribution in [2.24, 2.45) is 5.92 Å². The molecule has 3 amide bonds. The Hall–Kier alpha value is -2.89. The first-order chi connectivity index (χ1) is 13.6. The molecule has 0 aromatic heterocycles. The van der Waals surface area contributed by atoms with E-state index >= 15 is 0 Å². The molecule has 2 fully saturated rings. The molecule has 0 atom stereocenters. The van der Waals surface area contributed by atoms with E-state index in [-0.39, 0.29) is 23.7 Å². The van der Waals surface area contributed by atoms with Gasteiger partial charge in [0.15, 0.2) is 0 Å². The van der Waals surface area contributed by atoms with Crippen molar-refractivity contribution >= 4 is 23.3 Å². The van der Waals surface area contributed by atoms with Crippen LogP contribution in [0.1, 0.15) is 31.2 Å². The van der Waals surface area contributed by atoms with Crippen LogP contribution in [0.25, 0.3) is 0 Å². The highest BCUT2D eigenvalue weighted by Crippen LogP contribution is 2.28. The molecule has 146 valence electrons. The molecule has 1 aliphatic heterocycles. The SMILES string of the molecule is O=C(Nc1ccc(N2CCCN(Cc3ccc(F)cc3)C2=O)cc1)C1CCC1. The number of carbonyl (C=O) groups excluding carboxylic acids is 2.